The Hall–Kier alpha value is -0.710. The van der Waals surface area contributed by atoms with E-state index in [1.165, 1.54) is 9.75 Å². The zero-order valence-electron chi connectivity index (χ0n) is 9.78. The van der Waals surface area contributed by atoms with E-state index in [0.29, 0.717) is 0 Å². The number of aryl methyl sites for hydroxylation is 2. The smallest absolute Gasteiger partial charge is 0.0898 e. The third-order valence-electron chi connectivity index (χ3n) is 2.39. The molecule has 0 bridgehead atoms. The van der Waals surface area contributed by atoms with Crippen LogP contribution in [-0.4, -0.2) is 11.5 Å². The second-order valence-electron chi connectivity index (χ2n) is 3.73. The minimum absolute atomic E-state index is 0.258. The van der Waals surface area contributed by atoms with Gasteiger partial charge in [-0.25, -0.2) is 4.98 Å². The highest BCUT2D eigenvalue weighted by molar-refractivity contribution is 7.12. The minimum Gasteiger partial charge on any atom is -0.305 e. The van der Waals surface area contributed by atoms with Gasteiger partial charge in [0, 0.05) is 15.1 Å². The number of aromatic nitrogens is 1. The first-order chi connectivity index (χ1) is 7.70. The highest BCUT2D eigenvalue weighted by Crippen LogP contribution is 2.28. The number of hydrogen-bond donors (Lipinski definition) is 1. The molecule has 86 valence electrons. The third-order valence-corrected chi connectivity index (χ3v) is 4.24. The lowest BCUT2D eigenvalue weighted by atomic mass is 10.2. The molecule has 4 heteroatoms. The summed E-state index contributed by atoms with van der Waals surface area (Å²) in [5.41, 5.74) is 1.14. The van der Waals surface area contributed by atoms with Crippen LogP contribution < -0.4 is 5.32 Å². The third kappa shape index (κ3) is 2.51. The average Bonchev–Trinajstić information content (AvgIpc) is 2.84. The molecule has 0 radical (unpaired) electrons. The number of thiazole rings is 1. The fourth-order valence-corrected chi connectivity index (χ4v) is 3.28. The molecule has 0 amide bonds. The first kappa shape index (κ1) is 11.8. The zero-order chi connectivity index (χ0) is 11.5. The Labute approximate surface area is 104 Å². The summed E-state index contributed by atoms with van der Waals surface area (Å²) in [5, 5.41) is 6.78. The molecule has 16 heavy (non-hydrogen) atoms. The Morgan fingerprint density at radius 3 is 2.69 bits per heavy atom. The van der Waals surface area contributed by atoms with Crippen LogP contribution in [-0.2, 0) is 0 Å². The molecule has 1 atom stereocenters. The summed E-state index contributed by atoms with van der Waals surface area (Å²) in [7, 11) is 0. The van der Waals surface area contributed by atoms with Gasteiger partial charge in [0.1, 0.15) is 0 Å². The second-order valence-corrected chi connectivity index (χ2v) is 6.11. The van der Waals surface area contributed by atoms with Gasteiger partial charge in [0.05, 0.1) is 16.7 Å². The molecule has 0 saturated carbocycles. The maximum Gasteiger partial charge on any atom is 0.0898 e. The molecule has 1 unspecified atom stereocenters. The van der Waals surface area contributed by atoms with E-state index in [4.69, 9.17) is 0 Å². The van der Waals surface area contributed by atoms with Gasteiger partial charge in [-0.2, -0.15) is 0 Å². The molecule has 0 aliphatic rings. The SMILES string of the molecule is CCNC(c1csc(C)n1)c1ccc(C)s1. The van der Waals surface area contributed by atoms with Gasteiger partial charge in [0.15, 0.2) is 0 Å². The average molecular weight is 252 g/mol. The van der Waals surface area contributed by atoms with Crippen LogP contribution >= 0.6 is 22.7 Å². The van der Waals surface area contributed by atoms with Gasteiger partial charge in [-0.15, -0.1) is 22.7 Å². The van der Waals surface area contributed by atoms with Crippen molar-refractivity contribution in [1.29, 1.82) is 0 Å². The van der Waals surface area contributed by atoms with E-state index in [1.54, 1.807) is 11.3 Å². The lowest BCUT2D eigenvalue weighted by Gasteiger charge is -2.13. The van der Waals surface area contributed by atoms with Crippen molar-refractivity contribution in [1.82, 2.24) is 10.3 Å². The van der Waals surface area contributed by atoms with Crippen molar-refractivity contribution >= 4 is 22.7 Å². The van der Waals surface area contributed by atoms with Gasteiger partial charge < -0.3 is 5.32 Å². The van der Waals surface area contributed by atoms with Gasteiger partial charge in [-0.1, -0.05) is 6.92 Å². The molecule has 0 saturated heterocycles. The highest BCUT2D eigenvalue weighted by Gasteiger charge is 2.17. The number of rotatable bonds is 4. The molecule has 2 aromatic rings. The lowest BCUT2D eigenvalue weighted by Crippen LogP contribution is -2.21. The van der Waals surface area contributed by atoms with Gasteiger partial charge in [-0.05, 0) is 32.5 Å². The van der Waals surface area contributed by atoms with Crippen LogP contribution in [0.15, 0.2) is 17.5 Å². The van der Waals surface area contributed by atoms with E-state index in [1.807, 2.05) is 11.3 Å². The Morgan fingerprint density at radius 1 is 1.38 bits per heavy atom. The Morgan fingerprint density at radius 2 is 2.19 bits per heavy atom. The molecule has 0 spiro atoms. The fourth-order valence-electron chi connectivity index (χ4n) is 1.68. The molecular weight excluding hydrogens is 236 g/mol. The van der Waals surface area contributed by atoms with Crippen molar-refractivity contribution in [3.63, 3.8) is 0 Å². The first-order valence-electron chi connectivity index (χ1n) is 5.42. The van der Waals surface area contributed by atoms with Crippen LogP contribution in [0, 0.1) is 13.8 Å². The normalized spacial score (nSPS) is 12.9. The molecule has 2 aromatic heterocycles. The van der Waals surface area contributed by atoms with Crippen LogP contribution in [0.25, 0.3) is 0 Å². The van der Waals surface area contributed by atoms with Crippen LogP contribution in [0.3, 0.4) is 0 Å². The summed E-state index contributed by atoms with van der Waals surface area (Å²) >= 11 is 3.56. The maximum absolute atomic E-state index is 4.58. The van der Waals surface area contributed by atoms with Crippen molar-refractivity contribution in [2.75, 3.05) is 6.54 Å². The van der Waals surface area contributed by atoms with Crippen molar-refractivity contribution in [3.05, 3.63) is 38.0 Å². The van der Waals surface area contributed by atoms with Gasteiger partial charge in [0.25, 0.3) is 0 Å². The van der Waals surface area contributed by atoms with E-state index < -0.39 is 0 Å². The number of hydrogen-bond acceptors (Lipinski definition) is 4. The van der Waals surface area contributed by atoms with Crippen LogP contribution in [0.4, 0.5) is 0 Å². The van der Waals surface area contributed by atoms with Crippen LogP contribution in [0.5, 0.6) is 0 Å². The first-order valence-corrected chi connectivity index (χ1v) is 7.12. The second kappa shape index (κ2) is 5.08. The molecular formula is C12H16N2S2. The molecule has 2 nitrogen and oxygen atoms in total. The highest BCUT2D eigenvalue weighted by atomic mass is 32.1. The Bertz CT molecular complexity index is 419. The topological polar surface area (TPSA) is 24.9 Å². The van der Waals surface area contributed by atoms with E-state index in [-0.39, 0.29) is 6.04 Å². The monoisotopic (exact) mass is 252 g/mol. The standard InChI is InChI=1S/C12H16N2S2/c1-4-13-12(10-7-15-9(3)14-10)11-6-5-8(2)16-11/h5-7,12-13H,4H2,1-3H3. The molecule has 0 fully saturated rings. The van der Waals surface area contributed by atoms with Gasteiger partial charge in [0.2, 0.25) is 0 Å². The van der Waals surface area contributed by atoms with Crippen molar-refractivity contribution in [3.8, 4) is 0 Å². The fraction of sp³-hybridized carbons (Fsp3) is 0.417. The predicted octanol–water partition coefficient (Wildman–Crippen LogP) is 3.52. The van der Waals surface area contributed by atoms with Crippen molar-refractivity contribution < 1.29 is 0 Å². The van der Waals surface area contributed by atoms with E-state index >= 15 is 0 Å². The van der Waals surface area contributed by atoms with Crippen LogP contribution in [0.1, 0.15) is 33.4 Å². The molecule has 2 heterocycles. The zero-order valence-corrected chi connectivity index (χ0v) is 11.4. The number of nitrogens with one attached hydrogen (secondary N) is 1. The molecule has 0 aliphatic heterocycles. The van der Waals surface area contributed by atoms with Crippen LogP contribution in [0.2, 0.25) is 0 Å². The number of nitrogens with zero attached hydrogens (tertiary/aromatic N) is 1. The van der Waals surface area contributed by atoms with E-state index in [2.05, 4.69) is 48.6 Å². The summed E-state index contributed by atoms with van der Waals surface area (Å²) < 4.78 is 0. The Kier molecular flexibility index (Phi) is 3.74. The molecule has 0 aliphatic carbocycles. The lowest BCUT2D eigenvalue weighted by molar-refractivity contribution is 0.626. The summed E-state index contributed by atoms with van der Waals surface area (Å²) in [6, 6.07) is 4.62. The van der Waals surface area contributed by atoms with Gasteiger partial charge in [-0.3, -0.25) is 0 Å². The molecule has 0 aromatic carbocycles. The number of thiophene rings is 1. The van der Waals surface area contributed by atoms with E-state index in [0.717, 1.165) is 17.2 Å². The quantitative estimate of drug-likeness (QED) is 0.900. The largest absolute Gasteiger partial charge is 0.305 e. The molecule has 2 rings (SSSR count). The minimum atomic E-state index is 0.258. The summed E-state index contributed by atoms with van der Waals surface area (Å²) in [6.07, 6.45) is 0. The predicted molar refractivity (Wildman–Crippen MR) is 71.4 cm³/mol. The maximum atomic E-state index is 4.58. The summed E-state index contributed by atoms with van der Waals surface area (Å²) in [5.74, 6) is 0. The van der Waals surface area contributed by atoms with Crippen molar-refractivity contribution in [2.24, 2.45) is 0 Å². The van der Waals surface area contributed by atoms with E-state index in [9.17, 15) is 0 Å². The molecule has 1 N–H and O–H groups in total. The Balaban J connectivity index is 2.30. The van der Waals surface area contributed by atoms with Crippen molar-refractivity contribution in [2.45, 2.75) is 26.8 Å². The summed E-state index contributed by atoms with van der Waals surface area (Å²) in [4.78, 5) is 7.28. The summed E-state index contributed by atoms with van der Waals surface area (Å²) in [6.45, 7) is 7.28. The van der Waals surface area contributed by atoms with Gasteiger partial charge >= 0.3 is 0 Å².